The first-order valence-corrected chi connectivity index (χ1v) is 5.52. The summed E-state index contributed by atoms with van der Waals surface area (Å²) in [6.45, 7) is 0. The monoisotopic (exact) mass is 257 g/mol. The summed E-state index contributed by atoms with van der Waals surface area (Å²) in [5.41, 5.74) is 0. The molecule has 0 spiro atoms. The van der Waals surface area contributed by atoms with Crippen molar-refractivity contribution in [2.75, 3.05) is 5.32 Å². The number of carboxylic acid groups (broad SMARTS) is 1. The summed E-state index contributed by atoms with van der Waals surface area (Å²) < 4.78 is 0. The molecule has 0 unspecified atom stereocenters. The summed E-state index contributed by atoms with van der Waals surface area (Å²) in [5.74, 6) is -0.339. The van der Waals surface area contributed by atoms with E-state index >= 15 is 0 Å². The molecule has 1 aliphatic carbocycles. The van der Waals surface area contributed by atoms with Crippen molar-refractivity contribution in [1.82, 2.24) is 9.97 Å². The number of carboxylic acids is 1. The van der Waals surface area contributed by atoms with E-state index in [2.05, 4.69) is 15.3 Å². The largest absolute Gasteiger partial charge is 0.481 e. The Labute approximate surface area is 106 Å². The van der Waals surface area contributed by atoms with Gasteiger partial charge in [-0.3, -0.25) is 4.79 Å². The van der Waals surface area contributed by atoms with Crippen molar-refractivity contribution in [2.24, 2.45) is 5.92 Å². The molecule has 1 aromatic heterocycles. The summed E-state index contributed by atoms with van der Waals surface area (Å²) in [5, 5.41) is 12.1. The molecule has 94 valence electrons. The van der Waals surface area contributed by atoms with Crippen LogP contribution < -0.4 is 5.32 Å². The molecule has 0 amide bonds. The number of rotatable bonds is 3. The molecule has 0 saturated heterocycles. The van der Waals surface area contributed by atoms with Gasteiger partial charge in [-0.2, -0.15) is 0 Å². The first-order valence-electron chi connectivity index (χ1n) is 5.52. The lowest BCUT2D eigenvalue weighted by Crippen LogP contribution is -2.31. The normalized spacial score (nSPS) is 23.5. The zero-order chi connectivity index (χ0) is 11.4. The van der Waals surface area contributed by atoms with Gasteiger partial charge in [-0.25, -0.2) is 9.97 Å². The van der Waals surface area contributed by atoms with Crippen molar-refractivity contribution in [3.63, 3.8) is 0 Å². The van der Waals surface area contributed by atoms with E-state index in [4.69, 9.17) is 5.11 Å². The maximum absolute atomic E-state index is 10.9. The van der Waals surface area contributed by atoms with Crippen LogP contribution in [0.1, 0.15) is 25.7 Å². The highest BCUT2D eigenvalue weighted by Gasteiger charge is 2.27. The second kappa shape index (κ2) is 6.39. The number of nitrogens with one attached hydrogen (secondary N) is 1. The third-order valence-corrected chi connectivity index (χ3v) is 2.92. The molecule has 1 aromatic rings. The molecule has 1 fully saturated rings. The molecule has 0 aliphatic heterocycles. The molecule has 0 bridgehead atoms. The van der Waals surface area contributed by atoms with Gasteiger partial charge in [0.05, 0.1) is 5.92 Å². The number of hydrogen-bond donors (Lipinski definition) is 2. The Morgan fingerprint density at radius 3 is 2.71 bits per heavy atom. The molecule has 6 heteroatoms. The van der Waals surface area contributed by atoms with E-state index in [0.29, 0.717) is 12.4 Å². The van der Waals surface area contributed by atoms with E-state index in [9.17, 15) is 4.79 Å². The van der Waals surface area contributed by atoms with E-state index in [1.54, 1.807) is 18.5 Å². The quantitative estimate of drug-likeness (QED) is 0.866. The smallest absolute Gasteiger partial charge is 0.306 e. The standard InChI is InChI=1S/C11H15N3O2.ClH/c15-10(16)8-3-1-4-9(7-8)14-11-12-5-2-6-13-11;/h2,5-6,8-9H,1,3-4,7H2,(H,15,16)(H,12,13,14);1H/t8-,9+;/m1./s1. The molecule has 5 nitrogen and oxygen atoms in total. The van der Waals surface area contributed by atoms with Crippen LogP contribution in [-0.2, 0) is 4.79 Å². The van der Waals surface area contributed by atoms with Crippen LogP contribution in [0.5, 0.6) is 0 Å². The predicted octanol–water partition coefficient (Wildman–Crippen LogP) is 1.95. The van der Waals surface area contributed by atoms with Crippen molar-refractivity contribution in [3.05, 3.63) is 18.5 Å². The average molecular weight is 258 g/mol. The number of aromatic nitrogens is 2. The zero-order valence-corrected chi connectivity index (χ0v) is 10.2. The van der Waals surface area contributed by atoms with Gasteiger partial charge in [0.2, 0.25) is 5.95 Å². The SMILES string of the molecule is Cl.O=C(O)[C@@H]1CCC[C@H](Nc2ncccn2)C1. The van der Waals surface area contributed by atoms with Crippen LogP contribution in [0.25, 0.3) is 0 Å². The van der Waals surface area contributed by atoms with Gasteiger partial charge >= 0.3 is 5.97 Å². The topological polar surface area (TPSA) is 75.1 Å². The number of anilines is 1. The van der Waals surface area contributed by atoms with Crippen LogP contribution in [0.15, 0.2) is 18.5 Å². The zero-order valence-electron chi connectivity index (χ0n) is 9.37. The van der Waals surface area contributed by atoms with Crippen LogP contribution in [0, 0.1) is 5.92 Å². The van der Waals surface area contributed by atoms with Gasteiger partial charge in [0.15, 0.2) is 0 Å². The fourth-order valence-corrected chi connectivity index (χ4v) is 2.10. The molecule has 2 N–H and O–H groups in total. The highest BCUT2D eigenvalue weighted by atomic mass is 35.5. The van der Waals surface area contributed by atoms with Crippen LogP contribution in [0.4, 0.5) is 5.95 Å². The second-order valence-electron chi connectivity index (χ2n) is 4.12. The first-order chi connectivity index (χ1) is 7.75. The molecule has 0 aromatic carbocycles. The van der Waals surface area contributed by atoms with Gasteiger partial charge < -0.3 is 10.4 Å². The maximum Gasteiger partial charge on any atom is 0.306 e. The lowest BCUT2D eigenvalue weighted by atomic mass is 9.86. The Morgan fingerprint density at radius 1 is 1.35 bits per heavy atom. The number of aliphatic carboxylic acids is 1. The predicted molar refractivity (Wildman–Crippen MR) is 66.3 cm³/mol. The molecule has 17 heavy (non-hydrogen) atoms. The third-order valence-electron chi connectivity index (χ3n) is 2.92. The van der Waals surface area contributed by atoms with Crippen molar-refractivity contribution in [3.8, 4) is 0 Å². The Bertz CT molecular complexity index is 361. The summed E-state index contributed by atoms with van der Waals surface area (Å²) in [6, 6.07) is 1.93. The maximum atomic E-state index is 10.9. The van der Waals surface area contributed by atoms with E-state index in [-0.39, 0.29) is 24.4 Å². The molecule has 1 saturated carbocycles. The fraction of sp³-hybridized carbons (Fsp3) is 0.545. The van der Waals surface area contributed by atoms with Gasteiger partial charge in [0, 0.05) is 18.4 Å². The van der Waals surface area contributed by atoms with Gasteiger partial charge in [0.1, 0.15) is 0 Å². The summed E-state index contributed by atoms with van der Waals surface area (Å²) >= 11 is 0. The first kappa shape index (κ1) is 13.7. The van der Waals surface area contributed by atoms with Crippen LogP contribution in [0.2, 0.25) is 0 Å². The second-order valence-corrected chi connectivity index (χ2v) is 4.12. The van der Waals surface area contributed by atoms with Gasteiger partial charge in [-0.05, 0) is 25.3 Å². The van der Waals surface area contributed by atoms with Gasteiger partial charge in [0.25, 0.3) is 0 Å². The van der Waals surface area contributed by atoms with Crippen molar-refractivity contribution in [2.45, 2.75) is 31.7 Å². The highest BCUT2D eigenvalue weighted by molar-refractivity contribution is 5.85. The molecule has 1 heterocycles. The fourth-order valence-electron chi connectivity index (χ4n) is 2.10. The van der Waals surface area contributed by atoms with E-state index in [1.165, 1.54) is 0 Å². The van der Waals surface area contributed by atoms with Gasteiger partial charge in [-0.15, -0.1) is 12.4 Å². The minimum absolute atomic E-state index is 0. The Hall–Kier alpha value is -1.36. The van der Waals surface area contributed by atoms with Crippen molar-refractivity contribution in [1.29, 1.82) is 0 Å². The number of carbonyl (C=O) groups is 1. The third kappa shape index (κ3) is 3.85. The van der Waals surface area contributed by atoms with Gasteiger partial charge in [-0.1, -0.05) is 6.42 Å². The summed E-state index contributed by atoms with van der Waals surface area (Å²) in [6.07, 6.45) is 6.72. The van der Waals surface area contributed by atoms with E-state index in [1.807, 2.05) is 0 Å². The number of hydrogen-bond acceptors (Lipinski definition) is 4. The van der Waals surface area contributed by atoms with Crippen LogP contribution >= 0.6 is 12.4 Å². The Morgan fingerprint density at radius 2 is 2.06 bits per heavy atom. The Balaban J connectivity index is 0.00000144. The average Bonchev–Trinajstić information content (AvgIpc) is 2.30. The Kier molecular flexibility index (Phi) is 5.15. The molecule has 2 rings (SSSR count). The molecular formula is C11H16ClN3O2. The number of nitrogens with zero attached hydrogens (tertiary/aromatic N) is 2. The van der Waals surface area contributed by atoms with Crippen molar-refractivity contribution < 1.29 is 9.90 Å². The molecule has 2 atom stereocenters. The molecule has 0 radical (unpaired) electrons. The molecule has 1 aliphatic rings. The van der Waals surface area contributed by atoms with E-state index < -0.39 is 5.97 Å². The highest BCUT2D eigenvalue weighted by Crippen LogP contribution is 2.25. The lowest BCUT2D eigenvalue weighted by Gasteiger charge is -2.27. The number of halogens is 1. The van der Waals surface area contributed by atoms with Crippen LogP contribution in [0.3, 0.4) is 0 Å². The minimum atomic E-state index is -0.694. The van der Waals surface area contributed by atoms with Crippen molar-refractivity contribution >= 4 is 24.3 Å². The molecular weight excluding hydrogens is 242 g/mol. The summed E-state index contributed by atoms with van der Waals surface area (Å²) in [7, 11) is 0. The summed E-state index contributed by atoms with van der Waals surface area (Å²) in [4.78, 5) is 19.0. The minimum Gasteiger partial charge on any atom is -0.481 e. The lowest BCUT2D eigenvalue weighted by molar-refractivity contribution is -0.142. The van der Waals surface area contributed by atoms with Crippen LogP contribution in [-0.4, -0.2) is 27.1 Å². The van der Waals surface area contributed by atoms with E-state index in [0.717, 1.165) is 19.3 Å².